The molecular formula is C11H13ClN2O4. The summed E-state index contributed by atoms with van der Waals surface area (Å²) in [5.41, 5.74) is 0.824. The van der Waals surface area contributed by atoms with Crippen LogP contribution in [0.3, 0.4) is 0 Å². The van der Waals surface area contributed by atoms with Gasteiger partial charge in [0.15, 0.2) is 6.04 Å². The summed E-state index contributed by atoms with van der Waals surface area (Å²) in [6, 6.07) is 4.88. The minimum Gasteiger partial charge on any atom is -0.480 e. The molecule has 0 fully saturated rings. The molecule has 4 N–H and O–H groups in total. The molecule has 0 bridgehead atoms. The Morgan fingerprint density at radius 2 is 1.89 bits per heavy atom. The van der Waals surface area contributed by atoms with Crippen LogP contribution in [0.1, 0.15) is 5.56 Å². The normalized spacial score (nSPS) is 11.7. The van der Waals surface area contributed by atoms with E-state index in [0.29, 0.717) is 5.02 Å². The monoisotopic (exact) mass is 272 g/mol. The van der Waals surface area contributed by atoms with Gasteiger partial charge in [0, 0.05) is 11.6 Å². The second-order valence-electron chi connectivity index (χ2n) is 3.53. The van der Waals surface area contributed by atoms with Crippen LogP contribution in [0, 0.1) is 0 Å². The summed E-state index contributed by atoms with van der Waals surface area (Å²) in [6.45, 7) is -0.426. The van der Waals surface area contributed by atoms with E-state index in [1.807, 2.05) is 0 Å². The van der Waals surface area contributed by atoms with Gasteiger partial charge in [-0.1, -0.05) is 23.7 Å². The summed E-state index contributed by atoms with van der Waals surface area (Å²) in [5.74, 6) is -1.29. The van der Waals surface area contributed by atoms with Crippen LogP contribution in [0.25, 0.3) is 0 Å². The highest BCUT2D eigenvalue weighted by atomic mass is 35.5. The fraction of sp³-hybridized carbons (Fsp3) is 0.273. The van der Waals surface area contributed by atoms with Crippen LogP contribution in [0.5, 0.6) is 0 Å². The van der Waals surface area contributed by atoms with Crippen molar-refractivity contribution in [2.45, 2.75) is 12.6 Å². The van der Waals surface area contributed by atoms with Crippen molar-refractivity contribution in [3.05, 3.63) is 34.9 Å². The van der Waals surface area contributed by atoms with Crippen LogP contribution >= 0.6 is 11.6 Å². The SMILES string of the molecule is O=C(NCc1ccc(Cl)cc1)N[C@H](CO)C(=O)O. The van der Waals surface area contributed by atoms with Crippen molar-refractivity contribution in [1.29, 1.82) is 0 Å². The standard InChI is InChI=1S/C11H13ClN2O4/c12-8-3-1-7(2-4-8)5-13-11(18)14-9(6-15)10(16)17/h1-4,9,15H,5-6H2,(H,16,17)(H2,13,14,18)/t9-/m1/s1. The molecule has 1 rings (SSSR count). The van der Waals surface area contributed by atoms with Crippen molar-refractivity contribution in [3.63, 3.8) is 0 Å². The molecule has 18 heavy (non-hydrogen) atoms. The van der Waals surface area contributed by atoms with Crippen LogP contribution < -0.4 is 10.6 Å². The van der Waals surface area contributed by atoms with Gasteiger partial charge in [0.05, 0.1) is 6.61 Å². The van der Waals surface area contributed by atoms with Gasteiger partial charge in [0.1, 0.15) is 0 Å². The molecule has 1 aromatic carbocycles. The Morgan fingerprint density at radius 1 is 1.28 bits per heavy atom. The Hall–Kier alpha value is -1.79. The minimum absolute atomic E-state index is 0.237. The number of halogens is 1. The fourth-order valence-corrected chi connectivity index (χ4v) is 1.31. The number of urea groups is 1. The zero-order valence-electron chi connectivity index (χ0n) is 9.39. The first-order valence-electron chi connectivity index (χ1n) is 5.15. The van der Waals surface area contributed by atoms with E-state index in [-0.39, 0.29) is 6.54 Å². The smallest absolute Gasteiger partial charge is 0.328 e. The third kappa shape index (κ3) is 4.60. The zero-order chi connectivity index (χ0) is 13.5. The van der Waals surface area contributed by atoms with Crippen molar-refractivity contribution in [2.75, 3.05) is 6.61 Å². The highest BCUT2D eigenvalue weighted by molar-refractivity contribution is 6.30. The number of carbonyl (C=O) groups is 2. The van der Waals surface area contributed by atoms with Crippen LogP contribution in [-0.4, -0.2) is 34.9 Å². The first kappa shape index (κ1) is 14.3. The van der Waals surface area contributed by atoms with Crippen LogP contribution in [0.4, 0.5) is 4.79 Å². The quantitative estimate of drug-likeness (QED) is 0.630. The second-order valence-corrected chi connectivity index (χ2v) is 3.96. The lowest BCUT2D eigenvalue weighted by Gasteiger charge is -2.12. The summed E-state index contributed by atoms with van der Waals surface area (Å²) in [6.07, 6.45) is 0. The summed E-state index contributed by atoms with van der Waals surface area (Å²) < 4.78 is 0. The number of nitrogens with one attached hydrogen (secondary N) is 2. The predicted octanol–water partition coefficient (Wildman–Crippen LogP) is 0.585. The van der Waals surface area contributed by atoms with Crippen molar-refractivity contribution < 1.29 is 19.8 Å². The third-order valence-electron chi connectivity index (χ3n) is 2.15. The average molecular weight is 273 g/mol. The Balaban J connectivity index is 2.41. The number of benzene rings is 1. The minimum atomic E-state index is -1.31. The molecule has 0 aliphatic carbocycles. The number of carbonyl (C=O) groups excluding carboxylic acids is 1. The highest BCUT2D eigenvalue weighted by Crippen LogP contribution is 2.08. The van der Waals surface area contributed by atoms with Crippen LogP contribution in [-0.2, 0) is 11.3 Å². The molecule has 7 heteroatoms. The zero-order valence-corrected chi connectivity index (χ0v) is 10.1. The molecule has 0 spiro atoms. The molecule has 2 amide bonds. The number of hydrogen-bond donors (Lipinski definition) is 4. The molecule has 6 nitrogen and oxygen atoms in total. The maximum atomic E-state index is 11.3. The number of aliphatic hydroxyl groups is 1. The van der Waals surface area contributed by atoms with Crippen LogP contribution in [0.2, 0.25) is 5.02 Å². The van der Waals surface area contributed by atoms with E-state index >= 15 is 0 Å². The summed E-state index contributed by atoms with van der Waals surface area (Å²) >= 11 is 5.70. The molecular weight excluding hydrogens is 260 g/mol. The molecule has 0 unspecified atom stereocenters. The van der Waals surface area contributed by atoms with E-state index in [1.54, 1.807) is 24.3 Å². The lowest BCUT2D eigenvalue weighted by atomic mass is 10.2. The molecule has 1 aromatic rings. The number of carboxylic acid groups (broad SMARTS) is 1. The number of hydrogen-bond acceptors (Lipinski definition) is 3. The van der Waals surface area contributed by atoms with E-state index in [0.717, 1.165) is 5.56 Å². The van der Waals surface area contributed by atoms with Crippen molar-refractivity contribution in [1.82, 2.24) is 10.6 Å². The Kier molecular flexibility index (Phi) is 5.41. The topological polar surface area (TPSA) is 98.7 Å². The first-order valence-corrected chi connectivity index (χ1v) is 5.53. The van der Waals surface area contributed by atoms with Gasteiger partial charge >= 0.3 is 12.0 Å². The molecule has 0 heterocycles. The molecule has 0 radical (unpaired) electrons. The second kappa shape index (κ2) is 6.83. The maximum absolute atomic E-state index is 11.3. The number of aliphatic carboxylic acids is 1. The van der Waals surface area contributed by atoms with E-state index in [2.05, 4.69) is 10.6 Å². The van der Waals surface area contributed by atoms with Crippen LogP contribution in [0.15, 0.2) is 24.3 Å². The summed E-state index contributed by atoms with van der Waals surface area (Å²) in [7, 11) is 0. The number of rotatable bonds is 5. The van der Waals surface area contributed by atoms with E-state index in [9.17, 15) is 9.59 Å². The molecule has 0 aliphatic rings. The maximum Gasteiger partial charge on any atom is 0.328 e. The molecule has 98 valence electrons. The van der Waals surface area contributed by atoms with Gasteiger partial charge in [-0.3, -0.25) is 0 Å². The van der Waals surface area contributed by atoms with Crippen molar-refractivity contribution in [3.8, 4) is 0 Å². The van der Waals surface area contributed by atoms with E-state index < -0.39 is 24.6 Å². The van der Waals surface area contributed by atoms with E-state index in [1.165, 1.54) is 0 Å². The van der Waals surface area contributed by atoms with Crippen molar-refractivity contribution >= 4 is 23.6 Å². The Labute approximate surface area is 109 Å². The lowest BCUT2D eigenvalue weighted by Crippen LogP contribution is -2.47. The molecule has 0 aliphatic heterocycles. The number of carboxylic acids is 1. The van der Waals surface area contributed by atoms with Gasteiger partial charge in [0.25, 0.3) is 0 Å². The van der Waals surface area contributed by atoms with Gasteiger partial charge < -0.3 is 20.8 Å². The van der Waals surface area contributed by atoms with Gasteiger partial charge in [0.2, 0.25) is 0 Å². The molecule has 1 atom stereocenters. The number of aliphatic hydroxyl groups excluding tert-OH is 1. The molecule has 0 saturated carbocycles. The predicted molar refractivity (Wildman–Crippen MR) is 65.3 cm³/mol. The highest BCUT2D eigenvalue weighted by Gasteiger charge is 2.18. The molecule has 0 aromatic heterocycles. The Morgan fingerprint density at radius 3 is 2.39 bits per heavy atom. The van der Waals surface area contributed by atoms with E-state index in [4.69, 9.17) is 21.8 Å². The number of amides is 2. The third-order valence-corrected chi connectivity index (χ3v) is 2.40. The lowest BCUT2D eigenvalue weighted by molar-refractivity contribution is -0.140. The largest absolute Gasteiger partial charge is 0.480 e. The fourth-order valence-electron chi connectivity index (χ4n) is 1.18. The summed E-state index contributed by atoms with van der Waals surface area (Å²) in [4.78, 5) is 21.9. The first-order chi connectivity index (χ1) is 8.52. The summed E-state index contributed by atoms with van der Waals surface area (Å²) in [5, 5.41) is 22.5. The van der Waals surface area contributed by atoms with Gasteiger partial charge in [-0.05, 0) is 17.7 Å². The molecule has 0 saturated heterocycles. The van der Waals surface area contributed by atoms with Gasteiger partial charge in [-0.15, -0.1) is 0 Å². The average Bonchev–Trinajstić information content (AvgIpc) is 2.35. The van der Waals surface area contributed by atoms with Gasteiger partial charge in [-0.25, -0.2) is 9.59 Å². The van der Waals surface area contributed by atoms with Gasteiger partial charge in [-0.2, -0.15) is 0 Å². The van der Waals surface area contributed by atoms with Crippen molar-refractivity contribution in [2.24, 2.45) is 0 Å². The Bertz CT molecular complexity index is 422.